The molecular formula is C22H30N4O. The topological polar surface area (TPSA) is 59.9 Å². The Morgan fingerprint density at radius 3 is 2.56 bits per heavy atom. The summed E-state index contributed by atoms with van der Waals surface area (Å²) in [6.07, 6.45) is 1.12. The Balaban J connectivity index is 1.42. The van der Waals surface area contributed by atoms with Gasteiger partial charge >= 0.3 is 0 Å². The smallest absolute Gasteiger partial charge is 0.191 e. The number of benzene rings is 2. The summed E-state index contributed by atoms with van der Waals surface area (Å²) in [5.74, 6) is 0.838. The molecule has 2 aromatic rings. The highest BCUT2D eigenvalue weighted by Crippen LogP contribution is 2.17. The van der Waals surface area contributed by atoms with Crippen molar-refractivity contribution in [2.75, 3.05) is 39.8 Å². The molecular weight excluding hydrogens is 336 g/mol. The van der Waals surface area contributed by atoms with Crippen molar-refractivity contribution in [1.82, 2.24) is 15.5 Å². The maximum Gasteiger partial charge on any atom is 0.191 e. The minimum absolute atomic E-state index is 0.0587. The summed E-state index contributed by atoms with van der Waals surface area (Å²) in [7, 11) is 1.78. The molecule has 1 heterocycles. The number of nitrogens with one attached hydrogen (secondary N) is 2. The lowest BCUT2D eigenvalue weighted by Gasteiger charge is -2.29. The van der Waals surface area contributed by atoms with Crippen LogP contribution in [0.1, 0.15) is 22.6 Å². The highest BCUT2D eigenvalue weighted by Gasteiger charge is 2.15. The van der Waals surface area contributed by atoms with Gasteiger partial charge in [-0.05, 0) is 23.1 Å². The van der Waals surface area contributed by atoms with Crippen molar-refractivity contribution in [3.63, 3.8) is 0 Å². The first-order valence-electron chi connectivity index (χ1n) is 9.69. The van der Waals surface area contributed by atoms with Gasteiger partial charge in [0, 0.05) is 45.7 Å². The number of guanidine groups is 1. The van der Waals surface area contributed by atoms with Gasteiger partial charge in [-0.3, -0.25) is 9.89 Å². The van der Waals surface area contributed by atoms with E-state index in [0.717, 1.165) is 44.1 Å². The third-order valence-electron chi connectivity index (χ3n) is 5.16. The van der Waals surface area contributed by atoms with Gasteiger partial charge < -0.3 is 15.7 Å². The molecule has 1 aliphatic rings. The first-order chi connectivity index (χ1) is 13.3. The molecule has 1 atom stereocenters. The largest absolute Gasteiger partial charge is 0.396 e. The van der Waals surface area contributed by atoms with E-state index in [1.165, 1.54) is 11.1 Å². The Hall–Kier alpha value is -2.37. The molecule has 0 saturated carbocycles. The van der Waals surface area contributed by atoms with Gasteiger partial charge in [0.05, 0.1) is 6.61 Å². The van der Waals surface area contributed by atoms with Gasteiger partial charge in [0.1, 0.15) is 0 Å². The standard InChI is InChI=1S/C22H30N4O/c1-23-22(25-15-21(17-27)18-7-3-2-4-8-18)24-12-14-26-13-11-19-9-5-6-10-20(19)16-26/h2-10,21,27H,11-17H2,1H3,(H2,23,24,25). The molecule has 3 N–H and O–H groups in total. The summed E-state index contributed by atoms with van der Waals surface area (Å²) < 4.78 is 0. The number of aliphatic hydroxyl groups is 1. The summed E-state index contributed by atoms with van der Waals surface area (Å²) in [5.41, 5.74) is 4.06. The minimum Gasteiger partial charge on any atom is -0.396 e. The second kappa shape index (κ2) is 10.1. The zero-order valence-electron chi connectivity index (χ0n) is 16.1. The van der Waals surface area contributed by atoms with Crippen molar-refractivity contribution in [2.24, 2.45) is 4.99 Å². The number of hydrogen-bond donors (Lipinski definition) is 3. The Bertz CT molecular complexity index is 732. The number of hydrogen-bond acceptors (Lipinski definition) is 3. The van der Waals surface area contributed by atoms with Crippen molar-refractivity contribution < 1.29 is 5.11 Å². The summed E-state index contributed by atoms with van der Waals surface area (Å²) >= 11 is 0. The molecule has 0 fully saturated rings. The maximum absolute atomic E-state index is 9.68. The van der Waals surface area contributed by atoms with E-state index in [1.54, 1.807) is 7.05 Å². The van der Waals surface area contributed by atoms with Crippen LogP contribution in [-0.4, -0.2) is 55.8 Å². The maximum atomic E-state index is 9.68. The van der Waals surface area contributed by atoms with E-state index < -0.39 is 0 Å². The van der Waals surface area contributed by atoms with Crippen LogP contribution < -0.4 is 10.6 Å². The molecule has 144 valence electrons. The first kappa shape index (κ1) is 19.4. The fourth-order valence-corrected chi connectivity index (χ4v) is 3.53. The number of aliphatic imine (C=N–C) groups is 1. The molecule has 3 rings (SSSR count). The lowest BCUT2D eigenvalue weighted by molar-refractivity contribution is 0.257. The van der Waals surface area contributed by atoms with Gasteiger partial charge in [-0.1, -0.05) is 54.6 Å². The lowest BCUT2D eigenvalue weighted by Crippen LogP contribution is -2.43. The molecule has 0 bridgehead atoms. The summed E-state index contributed by atoms with van der Waals surface area (Å²) in [4.78, 5) is 6.78. The van der Waals surface area contributed by atoms with Crippen LogP contribution in [0.2, 0.25) is 0 Å². The van der Waals surface area contributed by atoms with E-state index in [1.807, 2.05) is 30.3 Å². The van der Waals surface area contributed by atoms with Crippen molar-refractivity contribution in [3.8, 4) is 0 Å². The van der Waals surface area contributed by atoms with Crippen LogP contribution in [0.25, 0.3) is 0 Å². The number of nitrogens with zero attached hydrogens (tertiary/aromatic N) is 2. The third-order valence-corrected chi connectivity index (χ3v) is 5.16. The minimum atomic E-state index is 0.0587. The third kappa shape index (κ3) is 5.55. The van der Waals surface area contributed by atoms with Crippen LogP contribution >= 0.6 is 0 Å². The molecule has 0 amide bonds. The van der Waals surface area contributed by atoms with Crippen molar-refractivity contribution in [1.29, 1.82) is 0 Å². The zero-order valence-corrected chi connectivity index (χ0v) is 16.1. The fraction of sp³-hybridized carbons (Fsp3) is 0.409. The van der Waals surface area contributed by atoms with Crippen LogP contribution in [0.4, 0.5) is 0 Å². The molecule has 5 nitrogen and oxygen atoms in total. The van der Waals surface area contributed by atoms with E-state index >= 15 is 0 Å². The predicted molar refractivity (Wildman–Crippen MR) is 111 cm³/mol. The van der Waals surface area contributed by atoms with Crippen LogP contribution in [0.15, 0.2) is 59.6 Å². The summed E-state index contributed by atoms with van der Waals surface area (Å²) in [6, 6.07) is 18.8. The summed E-state index contributed by atoms with van der Waals surface area (Å²) in [6.45, 7) is 4.71. The van der Waals surface area contributed by atoms with E-state index in [9.17, 15) is 5.11 Å². The van der Waals surface area contributed by atoms with Gasteiger partial charge in [-0.2, -0.15) is 0 Å². The molecule has 0 aromatic heterocycles. The van der Waals surface area contributed by atoms with Crippen molar-refractivity contribution in [3.05, 3.63) is 71.3 Å². The number of rotatable bonds is 7. The quantitative estimate of drug-likeness (QED) is 0.518. The van der Waals surface area contributed by atoms with Gasteiger partial charge in [0.25, 0.3) is 0 Å². The van der Waals surface area contributed by atoms with E-state index in [2.05, 4.69) is 44.8 Å². The lowest BCUT2D eigenvalue weighted by atomic mass is 10.00. The molecule has 2 aromatic carbocycles. The molecule has 0 spiro atoms. The highest BCUT2D eigenvalue weighted by atomic mass is 16.3. The van der Waals surface area contributed by atoms with Crippen LogP contribution in [0.5, 0.6) is 0 Å². The molecule has 27 heavy (non-hydrogen) atoms. The normalized spacial score (nSPS) is 15.9. The van der Waals surface area contributed by atoms with Crippen LogP contribution in [-0.2, 0) is 13.0 Å². The van der Waals surface area contributed by atoms with Crippen molar-refractivity contribution in [2.45, 2.75) is 18.9 Å². The van der Waals surface area contributed by atoms with Gasteiger partial charge in [-0.25, -0.2) is 0 Å². The SMILES string of the molecule is CN=C(NCCN1CCc2ccccc2C1)NCC(CO)c1ccccc1. The Morgan fingerprint density at radius 1 is 1.07 bits per heavy atom. The van der Waals surface area contributed by atoms with E-state index in [-0.39, 0.29) is 12.5 Å². The number of fused-ring (bicyclic) bond motifs is 1. The first-order valence-corrected chi connectivity index (χ1v) is 9.69. The molecule has 0 saturated heterocycles. The number of aliphatic hydroxyl groups excluding tert-OH is 1. The Kier molecular flexibility index (Phi) is 7.25. The van der Waals surface area contributed by atoms with Gasteiger partial charge in [0.2, 0.25) is 0 Å². The second-order valence-electron chi connectivity index (χ2n) is 6.96. The molecule has 0 aliphatic carbocycles. The zero-order chi connectivity index (χ0) is 18.9. The van der Waals surface area contributed by atoms with Crippen LogP contribution in [0.3, 0.4) is 0 Å². The highest BCUT2D eigenvalue weighted by molar-refractivity contribution is 5.79. The van der Waals surface area contributed by atoms with Gasteiger partial charge in [-0.15, -0.1) is 0 Å². The molecule has 1 unspecified atom stereocenters. The Morgan fingerprint density at radius 2 is 1.81 bits per heavy atom. The van der Waals surface area contributed by atoms with Gasteiger partial charge in [0.15, 0.2) is 5.96 Å². The Labute approximate surface area is 162 Å². The molecule has 1 aliphatic heterocycles. The van der Waals surface area contributed by atoms with Crippen molar-refractivity contribution >= 4 is 5.96 Å². The average molecular weight is 367 g/mol. The molecule has 5 heteroatoms. The van der Waals surface area contributed by atoms with E-state index in [4.69, 9.17) is 0 Å². The van der Waals surface area contributed by atoms with Crippen LogP contribution in [0, 0.1) is 0 Å². The average Bonchev–Trinajstić information content (AvgIpc) is 2.73. The second-order valence-corrected chi connectivity index (χ2v) is 6.96. The predicted octanol–water partition coefficient (Wildman–Crippen LogP) is 1.99. The molecule has 0 radical (unpaired) electrons. The van der Waals surface area contributed by atoms with E-state index in [0.29, 0.717) is 6.54 Å². The fourth-order valence-electron chi connectivity index (χ4n) is 3.53. The summed E-state index contributed by atoms with van der Waals surface area (Å²) in [5, 5.41) is 16.4. The monoisotopic (exact) mass is 366 g/mol.